The maximum absolute atomic E-state index is 13.5. The van der Waals surface area contributed by atoms with Gasteiger partial charge in [0.1, 0.15) is 17.3 Å². The minimum absolute atomic E-state index is 0.00911. The van der Waals surface area contributed by atoms with Crippen molar-refractivity contribution in [3.63, 3.8) is 0 Å². The lowest BCUT2D eigenvalue weighted by atomic mass is 10.1. The predicted molar refractivity (Wildman–Crippen MR) is 145 cm³/mol. The van der Waals surface area contributed by atoms with E-state index < -0.39 is 0 Å². The summed E-state index contributed by atoms with van der Waals surface area (Å²) in [4.78, 5) is 24.5. The Morgan fingerprint density at radius 3 is 2.39 bits per heavy atom. The summed E-state index contributed by atoms with van der Waals surface area (Å²) in [5.41, 5.74) is 3.34. The number of hydrogen-bond acceptors (Lipinski definition) is 6. The van der Waals surface area contributed by atoms with Gasteiger partial charge in [-0.05, 0) is 35.9 Å². The number of piperazine rings is 1. The predicted octanol–water partition coefficient (Wildman–Crippen LogP) is 4.30. The van der Waals surface area contributed by atoms with Crippen molar-refractivity contribution in [3.05, 3.63) is 77.9 Å². The smallest absolute Gasteiger partial charge is 0.257 e. The van der Waals surface area contributed by atoms with Crippen molar-refractivity contribution in [3.8, 4) is 22.8 Å². The number of methoxy groups -OCH3 is 2. The van der Waals surface area contributed by atoms with Gasteiger partial charge in [0.2, 0.25) is 0 Å². The molecule has 2 aromatic carbocycles. The van der Waals surface area contributed by atoms with Crippen LogP contribution in [0.1, 0.15) is 15.9 Å². The quantitative estimate of drug-likeness (QED) is 0.473. The van der Waals surface area contributed by atoms with Crippen LogP contribution in [-0.2, 0) is 0 Å². The lowest BCUT2D eigenvalue weighted by Crippen LogP contribution is -2.48. The van der Waals surface area contributed by atoms with Gasteiger partial charge in [0.05, 0.1) is 25.5 Å². The van der Waals surface area contributed by atoms with E-state index in [0.29, 0.717) is 30.2 Å². The van der Waals surface area contributed by atoms with E-state index in [1.807, 2.05) is 72.4 Å². The van der Waals surface area contributed by atoms with Gasteiger partial charge in [-0.1, -0.05) is 42.5 Å². The molecule has 1 aromatic heterocycles. The van der Waals surface area contributed by atoms with Gasteiger partial charge in [0.15, 0.2) is 0 Å². The van der Waals surface area contributed by atoms with E-state index in [0.717, 1.165) is 36.6 Å². The molecule has 188 valence electrons. The summed E-state index contributed by atoms with van der Waals surface area (Å²) < 4.78 is 10.9. The van der Waals surface area contributed by atoms with Gasteiger partial charge in [-0.3, -0.25) is 9.69 Å². The van der Waals surface area contributed by atoms with Gasteiger partial charge in [0, 0.05) is 52.4 Å². The molecular formula is C29H34N4O3. The highest BCUT2D eigenvalue weighted by molar-refractivity contribution is 5.99. The molecule has 0 aliphatic carbocycles. The van der Waals surface area contributed by atoms with Crippen LogP contribution in [0.15, 0.2) is 66.7 Å². The van der Waals surface area contributed by atoms with E-state index in [9.17, 15) is 4.79 Å². The topological polar surface area (TPSA) is 58.1 Å². The van der Waals surface area contributed by atoms with Crippen LogP contribution in [0.2, 0.25) is 0 Å². The molecule has 1 aliphatic rings. The van der Waals surface area contributed by atoms with E-state index in [2.05, 4.69) is 29.2 Å². The van der Waals surface area contributed by atoms with Gasteiger partial charge < -0.3 is 19.3 Å². The highest BCUT2D eigenvalue weighted by Gasteiger charge is 2.25. The Morgan fingerprint density at radius 2 is 1.72 bits per heavy atom. The molecule has 1 amide bonds. The third kappa shape index (κ3) is 5.86. The molecule has 1 fully saturated rings. The largest absolute Gasteiger partial charge is 0.497 e. The fourth-order valence-corrected chi connectivity index (χ4v) is 4.33. The zero-order chi connectivity index (χ0) is 25.5. The Morgan fingerprint density at radius 1 is 0.972 bits per heavy atom. The standard InChI is InChI=1S/C29H34N4O3/c1-31(2)28-24(13-14-26(30-28)25-21-23(35-3)12-15-27(25)36-4)29(34)33-19-17-32(18-20-33)16-8-11-22-9-6-5-7-10-22/h5-15,21H,16-20H2,1-4H3. The number of rotatable bonds is 8. The zero-order valence-corrected chi connectivity index (χ0v) is 21.5. The molecule has 36 heavy (non-hydrogen) atoms. The Balaban J connectivity index is 1.46. The summed E-state index contributed by atoms with van der Waals surface area (Å²) >= 11 is 0. The number of carbonyl (C=O) groups is 1. The number of anilines is 1. The van der Waals surface area contributed by atoms with E-state index in [-0.39, 0.29) is 5.91 Å². The molecule has 0 N–H and O–H groups in total. The first-order valence-electron chi connectivity index (χ1n) is 12.1. The summed E-state index contributed by atoms with van der Waals surface area (Å²) in [5, 5.41) is 0. The molecule has 0 radical (unpaired) electrons. The van der Waals surface area contributed by atoms with Crippen molar-refractivity contribution in [2.24, 2.45) is 0 Å². The second-order valence-electron chi connectivity index (χ2n) is 8.93. The van der Waals surface area contributed by atoms with E-state index in [1.54, 1.807) is 14.2 Å². The molecule has 1 aliphatic heterocycles. The van der Waals surface area contributed by atoms with Crippen LogP contribution in [0.25, 0.3) is 17.3 Å². The number of amides is 1. The second-order valence-corrected chi connectivity index (χ2v) is 8.93. The van der Waals surface area contributed by atoms with E-state index >= 15 is 0 Å². The van der Waals surface area contributed by atoms with Gasteiger partial charge in [-0.15, -0.1) is 0 Å². The number of nitrogens with zero attached hydrogens (tertiary/aromatic N) is 4. The maximum Gasteiger partial charge on any atom is 0.257 e. The molecule has 1 saturated heterocycles. The highest BCUT2D eigenvalue weighted by atomic mass is 16.5. The van der Waals surface area contributed by atoms with Crippen molar-refractivity contribution in [1.29, 1.82) is 0 Å². The molecule has 7 nitrogen and oxygen atoms in total. The average molecular weight is 487 g/mol. The fraction of sp³-hybridized carbons (Fsp3) is 0.310. The Labute approximate surface area is 213 Å². The summed E-state index contributed by atoms with van der Waals surface area (Å²) in [6, 6.07) is 19.7. The average Bonchev–Trinajstić information content (AvgIpc) is 2.93. The van der Waals surface area contributed by atoms with Crippen molar-refractivity contribution in [2.75, 3.05) is 65.9 Å². The Kier molecular flexibility index (Phi) is 8.23. The van der Waals surface area contributed by atoms with Crippen molar-refractivity contribution >= 4 is 17.8 Å². The summed E-state index contributed by atoms with van der Waals surface area (Å²) in [6.45, 7) is 3.94. The van der Waals surface area contributed by atoms with Crippen molar-refractivity contribution < 1.29 is 14.3 Å². The van der Waals surface area contributed by atoms with Gasteiger partial charge in [-0.2, -0.15) is 0 Å². The van der Waals surface area contributed by atoms with Gasteiger partial charge >= 0.3 is 0 Å². The zero-order valence-electron chi connectivity index (χ0n) is 21.5. The number of aromatic nitrogens is 1. The molecule has 4 rings (SSSR count). The first-order valence-corrected chi connectivity index (χ1v) is 12.1. The molecule has 2 heterocycles. The first-order chi connectivity index (χ1) is 17.5. The Bertz CT molecular complexity index is 1200. The molecule has 0 atom stereocenters. The number of ether oxygens (including phenoxy) is 2. The lowest BCUT2D eigenvalue weighted by Gasteiger charge is -2.34. The van der Waals surface area contributed by atoms with Crippen LogP contribution in [0.5, 0.6) is 11.5 Å². The van der Waals surface area contributed by atoms with Gasteiger partial charge in [0.25, 0.3) is 5.91 Å². The van der Waals surface area contributed by atoms with Crippen LogP contribution in [-0.4, -0.2) is 81.7 Å². The van der Waals surface area contributed by atoms with Crippen LogP contribution in [0, 0.1) is 0 Å². The third-order valence-corrected chi connectivity index (χ3v) is 6.34. The number of benzene rings is 2. The lowest BCUT2D eigenvalue weighted by molar-refractivity contribution is 0.0650. The molecule has 7 heteroatoms. The monoisotopic (exact) mass is 486 g/mol. The van der Waals surface area contributed by atoms with Crippen molar-refractivity contribution in [2.45, 2.75) is 0 Å². The van der Waals surface area contributed by atoms with Crippen LogP contribution in [0.4, 0.5) is 5.82 Å². The van der Waals surface area contributed by atoms with Crippen LogP contribution in [0.3, 0.4) is 0 Å². The highest BCUT2D eigenvalue weighted by Crippen LogP contribution is 2.34. The molecule has 0 saturated carbocycles. The number of carbonyl (C=O) groups excluding carboxylic acids is 1. The fourth-order valence-electron chi connectivity index (χ4n) is 4.33. The maximum atomic E-state index is 13.5. The van der Waals surface area contributed by atoms with Crippen LogP contribution >= 0.6 is 0 Å². The summed E-state index contributed by atoms with van der Waals surface area (Å²) in [6.07, 6.45) is 4.33. The van der Waals surface area contributed by atoms with E-state index in [1.165, 1.54) is 5.56 Å². The summed E-state index contributed by atoms with van der Waals surface area (Å²) in [5.74, 6) is 2.06. The minimum atomic E-state index is 0.00911. The van der Waals surface area contributed by atoms with Crippen LogP contribution < -0.4 is 14.4 Å². The summed E-state index contributed by atoms with van der Waals surface area (Å²) in [7, 11) is 7.07. The molecule has 0 spiro atoms. The SMILES string of the molecule is COc1ccc(OC)c(-c2ccc(C(=O)N3CCN(CC=Cc4ccccc4)CC3)c(N(C)C)n2)c1. The Hall–Kier alpha value is -3.84. The molecule has 0 unspecified atom stereocenters. The van der Waals surface area contributed by atoms with E-state index in [4.69, 9.17) is 14.5 Å². The molecule has 0 bridgehead atoms. The molecular weight excluding hydrogens is 452 g/mol. The van der Waals surface area contributed by atoms with Gasteiger partial charge in [-0.25, -0.2) is 4.98 Å². The molecule has 3 aromatic rings. The second kappa shape index (κ2) is 11.7. The minimum Gasteiger partial charge on any atom is -0.497 e. The van der Waals surface area contributed by atoms with Crippen molar-refractivity contribution in [1.82, 2.24) is 14.8 Å². The number of hydrogen-bond donors (Lipinski definition) is 0. The number of pyridine rings is 1. The first kappa shape index (κ1) is 25.3. The normalized spacial score (nSPS) is 14.2. The third-order valence-electron chi connectivity index (χ3n) is 6.34.